The van der Waals surface area contributed by atoms with E-state index in [0.29, 0.717) is 127 Å². The second-order valence-electron chi connectivity index (χ2n) is 24.1. The van der Waals surface area contributed by atoms with Gasteiger partial charge in [0.2, 0.25) is 6.79 Å². The van der Waals surface area contributed by atoms with Crippen LogP contribution >= 0.6 is 0 Å². The minimum absolute atomic E-state index is 0. The van der Waals surface area contributed by atoms with Crippen molar-refractivity contribution in [3.05, 3.63) is 284 Å². The molecule has 0 aliphatic carbocycles. The Kier molecular flexibility index (Phi) is 43.9. The van der Waals surface area contributed by atoms with Crippen LogP contribution in [-0.2, 0) is 52.4 Å². The Morgan fingerprint density at radius 3 is 0.908 bits per heavy atom. The second kappa shape index (κ2) is 54.0. The maximum atomic E-state index is 12.7. The molecule has 0 unspecified atom stereocenters. The van der Waals surface area contributed by atoms with Crippen molar-refractivity contribution in [2.24, 2.45) is 0 Å². The number of esters is 9. The molecule has 8 aromatic rings. The highest BCUT2D eigenvalue weighted by molar-refractivity contribution is 5.95. The molecule has 0 saturated carbocycles. The zero-order valence-electron chi connectivity index (χ0n) is 64.9. The topological polar surface area (TPSA) is 362 Å². The number of hydrogen-bond donors (Lipinski definition) is 0. The third-order valence-electron chi connectivity index (χ3n) is 15.5. The van der Waals surface area contributed by atoms with Gasteiger partial charge in [0, 0.05) is 43.6 Å². The zero-order valence-corrected chi connectivity index (χ0v) is 64.9. The standard InChI is InChI=1S/C38H38O13.C33H32O10.C18H16O6.2CH4/c1-4-29(39)11-7-6-8-23-46-37(43)49-31-18-14-28(15-19-31)36(42)51-33-21-20-32(25-26(33)3)48-35(41)27-12-16-30(17-13-27)50-38(44)47-24-10-9-22-45-34(40)5-2;1-4-30(34)40-20-6-18-38-26-12-8-24(9-13-26)32(36)42-28-16-17-29(23(3)22-28)43-33(37)25-10-14-27(15-11-25)39-19-7-21-41-31(35)5-2;1-3-17(19)23-12-22-15-6-4-13(5-7-15)18(20)24-16-10-8-14(21-2)9-11-16;;/h4-5,12-21,25H,1-2,6-11,22-24H2,3H3;4-5,8-17,22H,1-2,6-7,18-21H2,3H3;3-11H,1,12H2,2H3;2*1H4. The number of allylic oxidation sites excluding steroid dienone is 1. The van der Waals surface area contributed by atoms with E-state index in [1.54, 1.807) is 130 Å². The summed E-state index contributed by atoms with van der Waals surface area (Å²) in [6.45, 7) is 21.3. The average molecular weight is 1650 g/mol. The molecule has 8 rings (SSSR count). The van der Waals surface area contributed by atoms with Gasteiger partial charge in [0.1, 0.15) is 63.2 Å². The summed E-state index contributed by atoms with van der Waals surface area (Å²) in [4.78, 5) is 142. The number of methoxy groups -OCH3 is 1. The fraction of sp³-hybridized carbons (Fsp3) is 0.231. The Hall–Kier alpha value is -14.9. The van der Waals surface area contributed by atoms with Crippen LogP contribution in [-0.4, -0.2) is 132 Å². The number of ketones is 1. The fourth-order valence-corrected chi connectivity index (χ4v) is 9.29. The van der Waals surface area contributed by atoms with Gasteiger partial charge in [0.25, 0.3) is 0 Å². The number of hydrogen-bond acceptors (Lipinski definition) is 29. The van der Waals surface area contributed by atoms with E-state index in [1.807, 2.05) is 0 Å². The third-order valence-corrected chi connectivity index (χ3v) is 15.5. The maximum absolute atomic E-state index is 12.7. The smallest absolute Gasteiger partial charge is 0.497 e. The lowest BCUT2D eigenvalue weighted by atomic mass is 10.1. The molecular formula is C91H94O29. The van der Waals surface area contributed by atoms with E-state index >= 15 is 0 Å². The van der Waals surface area contributed by atoms with Crippen LogP contribution in [0, 0.1) is 13.8 Å². The predicted octanol–water partition coefficient (Wildman–Crippen LogP) is 17.0. The molecule has 0 heterocycles. The summed E-state index contributed by atoms with van der Waals surface area (Å²) in [7, 11) is 1.56. The van der Waals surface area contributed by atoms with Crippen LogP contribution < -0.4 is 52.1 Å². The number of carbonyl (C=O) groups excluding carboxylic acids is 12. The summed E-state index contributed by atoms with van der Waals surface area (Å²) in [6.07, 6.45) is 8.14. The molecule has 0 radical (unpaired) electrons. The summed E-state index contributed by atoms with van der Waals surface area (Å²) < 4.78 is 88.0. The summed E-state index contributed by atoms with van der Waals surface area (Å²) in [6, 6.07) is 46.4. The van der Waals surface area contributed by atoms with Crippen molar-refractivity contribution >= 4 is 71.8 Å². The first-order chi connectivity index (χ1) is 57.0. The molecule has 0 bridgehead atoms. The van der Waals surface area contributed by atoms with Gasteiger partial charge in [-0.3, -0.25) is 4.79 Å². The largest absolute Gasteiger partial charge is 0.513 e. The van der Waals surface area contributed by atoms with Crippen LogP contribution in [0.25, 0.3) is 0 Å². The Morgan fingerprint density at radius 1 is 0.275 bits per heavy atom. The molecule has 120 heavy (non-hydrogen) atoms. The van der Waals surface area contributed by atoms with Gasteiger partial charge in [-0.1, -0.05) is 47.7 Å². The van der Waals surface area contributed by atoms with Crippen LogP contribution in [0.4, 0.5) is 9.59 Å². The van der Waals surface area contributed by atoms with Crippen molar-refractivity contribution in [1.29, 1.82) is 0 Å². The molecule has 0 amide bonds. The maximum Gasteiger partial charge on any atom is 0.513 e. The van der Waals surface area contributed by atoms with Crippen molar-refractivity contribution in [2.75, 3.05) is 60.2 Å². The highest BCUT2D eigenvalue weighted by Gasteiger charge is 2.19. The number of aryl methyl sites for hydroxylation is 2. The molecule has 0 aliphatic heterocycles. The van der Waals surface area contributed by atoms with E-state index in [0.717, 1.165) is 24.3 Å². The van der Waals surface area contributed by atoms with E-state index in [-0.39, 0.29) is 100 Å². The molecule has 0 fully saturated rings. The number of rotatable bonds is 42. The number of ether oxygens (including phenoxy) is 17. The van der Waals surface area contributed by atoms with E-state index in [9.17, 15) is 57.5 Å². The molecule has 0 atom stereocenters. The van der Waals surface area contributed by atoms with E-state index < -0.39 is 66.0 Å². The predicted molar refractivity (Wildman–Crippen MR) is 438 cm³/mol. The molecule has 8 aromatic carbocycles. The van der Waals surface area contributed by atoms with Crippen molar-refractivity contribution < 1.29 is 138 Å². The third kappa shape index (κ3) is 36.7. The van der Waals surface area contributed by atoms with Crippen LogP contribution in [0.1, 0.15) is 129 Å². The quantitative estimate of drug-likeness (QED) is 0.00652. The van der Waals surface area contributed by atoms with Gasteiger partial charge in [0.05, 0.1) is 81.2 Å². The average Bonchev–Trinajstić information content (AvgIpc) is 0.828. The highest BCUT2D eigenvalue weighted by Crippen LogP contribution is 2.29. The van der Waals surface area contributed by atoms with E-state index in [4.69, 9.17) is 75.8 Å². The minimum atomic E-state index is -0.924. The number of unbranched alkanes of at least 4 members (excludes halogenated alkanes) is 3. The van der Waals surface area contributed by atoms with Crippen LogP contribution in [0.5, 0.6) is 63.2 Å². The van der Waals surface area contributed by atoms with Gasteiger partial charge in [-0.05, 0) is 245 Å². The Bertz CT molecular complexity index is 4740. The van der Waals surface area contributed by atoms with Crippen LogP contribution in [0.15, 0.2) is 245 Å². The first-order valence-electron chi connectivity index (χ1n) is 36.3. The molecule has 632 valence electrons. The lowest BCUT2D eigenvalue weighted by molar-refractivity contribution is -0.144. The molecule has 29 nitrogen and oxygen atoms in total. The van der Waals surface area contributed by atoms with Crippen molar-refractivity contribution in [2.45, 2.75) is 80.1 Å². The van der Waals surface area contributed by atoms with E-state index in [2.05, 4.69) is 37.6 Å². The molecule has 0 saturated heterocycles. The molecule has 0 aliphatic rings. The molecule has 0 spiro atoms. The second-order valence-corrected chi connectivity index (χ2v) is 24.1. The fourth-order valence-electron chi connectivity index (χ4n) is 9.29. The SMILES string of the molecule is C.C.C=CC(=O)CCCCCOC(=O)Oc1ccc(C(=O)Oc2ccc(OC(=O)c3ccc(OC(=O)OCCCCOC(=O)C=C)cc3)cc2C)cc1.C=CC(=O)OCCCOc1ccc(C(=O)Oc2ccc(OC(=O)c3ccc(OCCCOC(=O)C=C)cc3)c(C)c2)cc1.C=CC(=O)OCOc1ccc(C(=O)Oc2ccc(OC)cc2)cc1. The van der Waals surface area contributed by atoms with Gasteiger partial charge in [-0.25, -0.2) is 52.7 Å². The van der Waals surface area contributed by atoms with Crippen LogP contribution in [0.3, 0.4) is 0 Å². The summed E-state index contributed by atoms with van der Waals surface area (Å²) in [5.74, 6) is -1.01. The Morgan fingerprint density at radius 2 is 0.558 bits per heavy atom. The van der Waals surface area contributed by atoms with Gasteiger partial charge >= 0.3 is 66.0 Å². The number of carbonyl (C=O) groups is 12. The van der Waals surface area contributed by atoms with E-state index in [1.165, 1.54) is 78.9 Å². The van der Waals surface area contributed by atoms with Crippen molar-refractivity contribution in [1.82, 2.24) is 0 Å². The van der Waals surface area contributed by atoms with Crippen molar-refractivity contribution in [3.8, 4) is 63.2 Å². The van der Waals surface area contributed by atoms with Crippen LogP contribution in [0.2, 0.25) is 0 Å². The monoisotopic (exact) mass is 1650 g/mol. The first-order valence-corrected chi connectivity index (χ1v) is 36.3. The Balaban J connectivity index is 0.000000397. The number of benzene rings is 8. The minimum Gasteiger partial charge on any atom is -0.497 e. The first kappa shape index (κ1) is 97.5. The zero-order chi connectivity index (χ0) is 85.4. The normalized spacial score (nSPS) is 9.93. The summed E-state index contributed by atoms with van der Waals surface area (Å²) in [5.41, 5.74) is 2.51. The molecule has 29 heteroatoms. The molecular weight excluding hydrogens is 1560 g/mol. The highest BCUT2D eigenvalue weighted by atomic mass is 16.7. The lowest BCUT2D eigenvalue weighted by Gasteiger charge is -2.11. The van der Waals surface area contributed by atoms with Gasteiger partial charge in [0.15, 0.2) is 5.78 Å². The molecule has 0 aromatic heterocycles. The summed E-state index contributed by atoms with van der Waals surface area (Å²) >= 11 is 0. The Labute approximate surface area is 694 Å². The molecule has 0 N–H and O–H groups in total. The van der Waals surface area contributed by atoms with Gasteiger partial charge in [-0.2, -0.15) is 0 Å². The summed E-state index contributed by atoms with van der Waals surface area (Å²) in [5, 5.41) is 0. The van der Waals surface area contributed by atoms with Gasteiger partial charge in [-0.15, -0.1) is 0 Å². The van der Waals surface area contributed by atoms with Gasteiger partial charge < -0.3 is 80.5 Å². The lowest BCUT2D eigenvalue weighted by Crippen LogP contribution is -2.13. The van der Waals surface area contributed by atoms with Crippen molar-refractivity contribution in [3.63, 3.8) is 0 Å².